The summed E-state index contributed by atoms with van der Waals surface area (Å²) in [6, 6.07) is 82.8. The van der Waals surface area contributed by atoms with Gasteiger partial charge in [-0.15, -0.1) is 0 Å². The molecule has 74 heavy (non-hydrogen) atoms. The van der Waals surface area contributed by atoms with Crippen molar-refractivity contribution in [1.82, 2.24) is 9.97 Å². The number of aromatic nitrogens is 2. The first kappa shape index (κ1) is 43.3. The van der Waals surface area contributed by atoms with Crippen molar-refractivity contribution < 1.29 is 9.47 Å². The van der Waals surface area contributed by atoms with Gasteiger partial charge >= 0.3 is 446 Å². The molecule has 6 heterocycles. The number of hydrogen-bond donors (Lipinski definition) is 0. The normalized spacial score (nSPS) is 12.9. The molecule has 4 aliphatic rings. The van der Waals surface area contributed by atoms with Crippen molar-refractivity contribution >= 4 is 128 Å². The summed E-state index contributed by atoms with van der Waals surface area (Å²) in [7, 11) is 0. The predicted octanol–water partition coefficient (Wildman–Crippen LogP) is 7.93. The van der Waals surface area contributed by atoms with Crippen LogP contribution in [0.3, 0.4) is 0 Å². The number of para-hydroxylation sites is 6. The molecule has 15 rings (SSSR count). The zero-order chi connectivity index (χ0) is 48.7. The van der Waals surface area contributed by atoms with Crippen molar-refractivity contribution in [3.8, 4) is 45.5 Å². The zero-order valence-electron chi connectivity index (χ0n) is 39.7. The van der Waals surface area contributed by atoms with Gasteiger partial charge in [-0.05, 0) is 0 Å². The van der Waals surface area contributed by atoms with E-state index in [-0.39, 0.29) is 43.3 Å². The predicted molar refractivity (Wildman–Crippen MR) is 308 cm³/mol. The molecule has 0 saturated heterocycles. The van der Waals surface area contributed by atoms with E-state index < -0.39 is 0 Å². The van der Waals surface area contributed by atoms with Crippen molar-refractivity contribution in [3.63, 3.8) is 0 Å². The third-order valence-electron chi connectivity index (χ3n) is 14.6. The van der Waals surface area contributed by atoms with Crippen LogP contribution in [0.5, 0.6) is 23.0 Å². The van der Waals surface area contributed by atoms with Gasteiger partial charge in [0.2, 0.25) is 0 Å². The Morgan fingerprint density at radius 1 is 0.324 bits per heavy atom. The van der Waals surface area contributed by atoms with Gasteiger partial charge in [0.05, 0.1) is 0 Å². The first-order valence-electron chi connectivity index (χ1n) is 24.8. The number of nitrogens with zero attached hydrogens (tertiary/aromatic N) is 4. The molecule has 346 valence electrons. The molecule has 2 aromatic heterocycles. The van der Waals surface area contributed by atoms with Gasteiger partial charge in [0.1, 0.15) is 0 Å². The fourth-order valence-corrected chi connectivity index (χ4v) is 16.9. The van der Waals surface area contributed by atoms with E-state index in [0.717, 1.165) is 79.6 Å². The van der Waals surface area contributed by atoms with Crippen LogP contribution in [0.4, 0.5) is 34.1 Å². The molecule has 0 spiro atoms. The number of fused-ring (bicyclic) bond motifs is 8. The summed E-state index contributed by atoms with van der Waals surface area (Å²) < 4.78 is 19.6. The number of rotatable bonds is 8. The minimum absolute atomic E-state index is 0.00494. The van der Waals surface area contributed by atoms with Gasteiger partial charge < -0.3 is 0 Å². The van der Waals surface area contributed by atoms with Crippen LogP contribution in [0.25, 0.3) is 22.5 Å². The Balaban J connectivity index is 0.908. The maximum absolute atomic E-state index is 7.07. The van der Waals surface area contributed by atoms with E-state index in [0.29, 0.717) is 0 Å². The summed E-state index contributed by atoms with van der Waals surface area (Å²) in [6.45, 7) is 0.00988. The molecule has 0 aliphatic carbocycles. The van der Waals surface area contributed by atoms with E-state index in [9.17, 15) is 0 Å². The molecular weight excluding hydrogens is 1040 g/mol. The molecule has 11 aromatic rings. The van der Waals surface area contributed by atoms with Crippen LogP contribution in [0.1, 0.15) is 0 Å². The molecule has 0 radical (unpaired) electrons. The number of pyridine rings is 2. The molecule has 0 N–H and O–H groups in total. The van der Waals surface area contributed by atoms with Crippen LogP contribution in [0.15, 0.2) is 243 Å². The van der Waals surface area contributed by atoms with Crippen LogP contribution >= 0.6 is 0 Å². The summed E-state index contributed by atoms with van der Waals surface area (Å²) >= 11 is -0.0919. The van der Waals surface area contributed by atoms with Gasteiger partial charge in [0.25, 0.3) is 0 Å². The summed E-state index contributed by atoms with van der Waals surface area (Å²) in [5.74, 6) is 3.63. The minimum atomic E-state index is -0.0459. The number of anilines is 6. The number of hydrogen-bond acceptors (Lipinski definition) is 6. The second kappa shape index (κ2) is 17.7. The van der Waals surface area contributed by atoms with E-state index in [2.05, 4.69) is 228 Å². The monoisotopic (exact) mass is 1080 g/mol. The van der Waals surface area contributed by atoms with Gasteiger partial charge in [-0.3, -0.25) is 0 Å². The summed E-state index contributed by atoms with van der Waals surface area (Å²) in [5.41, 5.74) is 18.0. The third kappa shape index (κ3) is 7.09. The molecular formula is C64H40B2N4O2Se2. The van der Waals surface area contributed by atoms with Gasteiger partial charge in [-0.1, -0.05) is 0 Å². The molecule has 9 aromatic carbocycles. The molecule has 0 atom stereocenters. The second-order valence-electron chi connectivity index (χ2n) is 18.8. The SMILES string of the molecule is c1ccc(N(c2cc3c4c(c2)[Se]c2cc5c(cc2B4c2ccccc2O3)B2c3ccccc3Oc3cc(N(c4ccccc4)c4ccccc4-c4ccccn4)cc(c32)[Se]5)c2ccccc2-c2ccccn2)cc1. The van der Waals surface area contributed by atoms with Crippen molar-refractivity contribution in [2.45, 2.75) is 0 Å². The van der Waals surface area contributed by atoms with Crippen molar-refractivity contribution in [3.05, 3.63) is 243 Å². The molecule has 0 unspecified atom stereocenters. The topological polar surface area (TPSA) is 50.7 Å². The quantitative estimate of drug-likeness (QED) is 0.144. The van der Waals surface area contributed by atoms with Crippen molar-refractivity contribution in [2.24, 2.45) is 0 Å². The van der Waals surface area contributed by atoms with E-state index >= 15 is 0 Å². The summed E-state index contributed by atoms with van der Waals surface area (Å²) in [4.78, 5) is 14.4. The molecule has 10 heteroatoms. The zero-order valence-corrected chi connectivity index (χ0v) is 43.1. The Morgan fingerprint density at radius 3 is 1.20 bits per heavy atom. The molecule has 6 nitrogen and oxygen atoms in total. The number of benzene rings is 9. The van der Waals surface area contributed by atoms with Crippen LogP contribution in [-0.4, -0.2) is 53.3 Å². The first-order chi connectivity index (χ1) is 36.7. The molecule has 0 saturated carbocycles. The summed E-state index contributed by atoms with van der Waals surface area (Å²) in [5, 5.41) is 0. The third-order valence-corrected chi connectivity index (χ3v) is 19.3. The van der Waals surface area contributed by atoms with Crippen LogP contribution in [0.2, 0.25) is 0 Å². The Kier molecular flexibility index (Phi) is 10.3. The molecule has 4 aliphatic heterocycles. The van der Waals surface area contributed by atoms with Crippen LogP contribution in [-0.2, 0) is 0 Å². The Morgan fingerprint density at radius 2 is 0.743 bits per heavy atom. The van der Waals surface area contributed by atoms with Gasteiger partial charge in [-0.2, -0.15) is 0 Å². The summed E-state index contributed by atoms with van der Waals surface area (Å²) in [6.07, 6.45) is 3.74. The second-order valence-corrected chi connectivity index (χ2v) is 23.3. The van der Waals surface area contributed by atoms with E-state index in [1.165, 1.54) is 50.6 Å². The van der Waals surface area contributed by atoms with Crippen LogP contribution < -0.4 is 69.9 Å². The molecule has 0 fully saturated rings. The molecule has 0 amide bonds. The molecule has 0 bridgehead atoms. The fraction of sp³-hybridized carbons (Fsp3) is 0. The van der Waals surface area contributed by atoms with Gasteiger partial charge in [0, 0.05) is 0 Å². The van der Waals surface area contributed by atoms with E-state index in [4.69, 9.17) is 19.4 Å². The fourth-order valence-electron chi connectivity index (χ4n) is 11.4. The van der Waals surface area contributed by atoms with Gasteiger partial charge in [-0.25, -0.2) is 0 Å². The van der Waals surface area contributed by atoms with E-state index in [1.54, 1.807) is 0 Å². The average Bonchev–Trinajstić information content (AvgIpc) is 3.49. The number of ether oxygens (including phenoxy) is 2. The Labute approximate surface area is 442 Å². The van der Waals surface area contributed by atoms with E-state index in [1.807, 2.05) is 24.5 Å². The first-order valence-corrected chi connectivity index (χ1v) is 28.3. The Bertz CT molecular complexity index is 3760. The average molecular weight is 1080 g/mol. The van der Waals surface area contributed by atoms with Crippen molar-refractivity contribution in [2.75, 3.05) is 9.80 Å². The van der Waals surface area contributed by atoms with Crippen LogP contribution in [0, 0.1) is 0 Å². The van der Waals surface area contributed by atoms with Crippen molar-refractivity contribution in [1.29, 1.82) is 0 Å². The maximum atomic E-state index is 7.07. The van der Waals surface area contributed by atoms with Gasteiger partial charge in [0.15, 0.2) is 0 Å². The Hall–Kier alpha value is -8.35. The standard InChI is InChI=1S/C64H40B2N4O2Se2/c1-3-19-41(20-4-1)69(53-29-11-7-23-45(53)51-27-15-17-33-67-51)43-35-57-63-61(37-43)73-59-40-60-50(39-49(59)65(63)47-25-9-13-31-55(47)71-57)66-48-26-10-14-32-56(48)72-58-36-44(38-62(74-60)64(58)66)70(42-21-5-2-6-22-42)54-30-12-8-24-46(54)52-28-16-18-34-68-52/h1-40H.